The highest BCUT2D eigenvalue weighted by atomic mass is 35.5. The van der Waals surface area contributed by atoms with Gasteiger partial charge in [0.15, 0.2) is 5.11 Å². The van der Waals surface area contributed by atoms with Gasteiger partial charge in [-0.05, 0) is 62.5 Å². The molecule has 0 aromatic heterocycles. The number of halogens is 1. The van der Waals surface area contributed by atoms with Crippen LogP contribution >= 0.6 is 23.8 Å². The lowest BCUT2D eigenvalue weighted by Crippen LogP contribution is -2.40. The van der Waals surface area contributed by atoms with E-state index in [1.54, 1.807) is 47.4 Å². The van der Waals surface area contributed by atoms with Crippen LogP contribution in [0.25, 0.3) is 0 Å². The summed E-state index contributed by atoms with van der Waals surface area (Å²) in [6, 6.07) is 11.7. The number of rotatable bonds is 5. The van der Waals surface area contributed by atoms with E-state index in [1.807, 2.05) is 13.8 Å². The van der Waals surface area contributed by atoms with E-state index in [0.29, 0.717) is 53.9 Å². The van der Waals surface area contributed by atoms with Gasteiger partial charge in [0.1, 0.15) is 5.75 Å². The van der Waals surface area contributed by atoms with Crippen molar-refractivity contribution in [2.75, 3.05) is 31.6 Å². The summed E-state index contributed by atoms with van der Waals surface area (Å²) in [5, 5.41) is 5.96. The van der Waals surface area contributed by atoms with Gasteiger partial charge in [-0.2, -0.15) is 0 Å². The van der Waals surface area contributed by atoms with Gasteiger partial charge in [0.25, 0.3) is 11.8 Å². The number of carbonyl (C=O) groups is 2. The van der Waals surface area contributed by atoms with E-state index in [0.717, 1.165) is 0 Å². The van der Waals surface area contributed by atoms with Gasteiger partial charge in [-0.25, -0.2) is 0 Å². The largest absolute Gasteiger partial charge is 0.491 e. The van der Waals surface area contributed by atoms with Crippen molar-refractivity contribution < 1.29 is 19.1 Å². The molecule has 164 valence electrons. The third-order valence-corrected chi connectivity index (χ3v) is 4.99. The fraction of sp³-hybridized carbons (Fsp3) is 0.318. The zero-order chi connectivity index (χ0) is 22.4. The van der Waals surface area contributed by atoms with Crippen molar-refractivity contribution in [3.63, 3.8) is 0 Å². The predicted molar refractivity (Wildman–Crippen MR) is 124 cm³/mol. The van der Waals surface area contributed by atoms with Crippen LogP contribution in [0.3, 0.4) is 0 Å². The summed E-state index contributed by atoms with van der Waals surface area (Å²) in [6.45, 7) is 5.94. The number of carbonyl (C=O) groups excluding carboxylic acids is 2. The first-order chi connectivity index (χ1) is 14.8. The van der Waals surface area contributed by atoms with Crippen LogP contribution in [0.2, 0.25) is 5.02 Å². The first kappa shape index (κ1) is 23.0. The maximum Gasteiger partial charge on any atom is 0.257 e. The molecule has 2 aromatic rings. The van der Waals surface area contributed by atoms with Crippen LogP contribution in [0.15, 0.2) is 42.5 Å². The smallest absolute Gasteiger partial charge is 0.257 e. The maximum atomic E-state index is 12.7. The molecule has 1 fully saturated rings. The Balaban J connectivity index is 1.66. The molecule has 3 rings (SSSR count). The van der Waals surface area contributed by atoms with Gasteiger partial charge in [0.05, 0.1) is 30.0 Å². The molecule has 1 saturated heterocycles. The molecule has 0 radical (unpaired) electrons. The quantitative estimate of drug-likeness (QED) is 0.660. The van der Waals surface area contributed by atoms with Crippen molar-refractivity contribution in [2.24, 2.45) is 0 Å². The van der Waals surface area contributed by atoms with Crippen LogP contribution in [0, 0.1) is 0 Å². The van der Waals surface area contributed by atoms with Crippen LogP contribution in [0.5, 0.6) is 5.75 Å². The molecule has 9 heteroatoms. The summed E-state index contributed by atoms with van der Waals surface area (Å²) in [7, 11) is 0. The Morgan fingerprint density at radius 2 is 1.87 bits per heavy atom. The minimum absolute atomic E-state index is 0.00403. The zero-order valence-electron chi connectivity index (χ0n) is 17.3. The van der Waals surface area contributed by atoms with Crippen molar-refractivity contribution in [3.05, 3.63) is 58.6 Å². The van der Waals surface area contributed by atoms with E-state index in [1.165, 1.54) is 0 Å². The lowest BCUT2D eigenvalue weighted by molar-refractivity contribution is 0.0303. The van der Waals surface area contributed by atoms with Crippen LogP contribution in [0.1, 0.15) is 34.6 Å². The standard InChI is InChI=1S/C22H24ClN3O4S/c1-14(2)30-17-5-3-4-15(12-17)20(27)25-22(31)24-19-13-16(6-7-18(19)23)21(28)26-8-10-29-11-9-26/h3-7,12-14H,8-11H2,1-2H3,(H2,24,25,27,31). The summed E-state index contributed by atoms with van der Waals surface area (Å²) < 4.78 is 10.9. The fourth-order valence-corrected chi connectivity index (χ4v) is 3.38. The van der Waals surface area contributed by atoms with Gasteiger partial charge in [0, 0.05) is 24.2 Å². The Morgan fingerprint density at radius 3 is 2.58 bits per heavy atom. The molecule has 0 spiro atoms. The van der Waals surface area contributed by atoms with E-state index in [4.69, 9.17) is 33.3 Å². The normalized spacial score (nSPS) is 13.6. The Kier molecular flexibility index (Phi) is 7.84. The molecule has 0 atom stereocenters. The van der Waals surface area contributed by atoms with E-state index in [9.17, 15) is 9.59 Å². The summed E-state index contributed by atoms with van der Waals surface area (Å²) in [6.07, 6.45) is -0.00403. The summed E-state index contributed by atoms with van der Waals surface area (Å²) in [5.41, 5.74) is 1.31. The number of amides is 2. The van der Waals surface area contributed by atoms with Crippen molar-refractivity contribution in [1.82, 2.24) is 10.2 Å². The van der Waals surface area contributed by atoms with E-state index < -0.39 is 0 Å². The Morgan fingerprint density at radius 1 is 1.13 bits per heavy atom. The SMILES string of the molecule is CC(C)Oc1cccc(C(=O)NC(=S)Nc2cc(C(=O)N3CCOCC3)ccc2Cl)c1. The summed E-state index contributed by atoms with van der Waals surface area (Å²) in [5.74, 6) is 0.0993. The number of hydrogen-bond acceptors (Lipinski definition) is 5. The number of hydrogen-bond donors (Lipinski definition) is 2. The lowest BCUT2D eigenvalue weighted by atomic mass is 10.1. The van der Waals surface area contributed by atoms with E-state index in [2.05, 4.69) is 10.6 Å². The average Bonchev–Trinajstić information content (AvgIpc) is 2.75. The molecule has 2 N–H and O–H groups in total. The monoisotopic (exact) mass is 461 g/mol. The Labute approximate surface area is 191 Å². The molecule has 2 aromatic carbocycles. The second-order valence-electron chi connectivity index (χ2n) is 7.20. The third kappa shape index (κ3) is 6.40. The molecular formula is C22H24ClN3O4S. The van der Waals surface area contributed by atoms with E-state index in [-0.39, 0.29) is 23.0 Å². The number of morpholine rings is 1. The summed E-state index contributed by atoms with van der Waals surface area (Å²) in [4.78, 5) is 27.0. The maximum absolute atomic E-state index is 12.7. The average molecular weight is 462 g/mol. The predicted octanol–water partition coefficient (Wildman–Crippen LogP) is 3.73. The number of thiocarbonyl (C=S) groups is 1. The first-order valence-corrected chi connectivity index (χ1v) is 10.7. The molecule has 31 heavy (non-hydrogen) atoms. The Bertz CT molecular complexity index is 977. The third-order valence-electron chi connectivity index (χ3n) is 4.45. The molecule has 7 nitrogen and oxygen atoms in total. The van der Waals surface area contributed by atoms with Gasteiger partial charge in [0.2, 0.25) is 0 Å². The highest BCUT2D eigenvalue weighted by Gasteiger charge is 2.20. The molecule has 1 heterocycles. The lowest BCUT2D eigenvalue weighted by Gasteiger charge is -2.27. The molecule has 0 saturated carbocycles. The van der Waals surface area contributed by atoms with Crippen LogP contribution < -0.4 is 15.4 Å². The van der Waals surface area contributed by atoms with Crippen molar-refractivity contribution >= 4 is 46.4 Å². The topological polar surface area (TPSA) is 79.9 Å². The Hall–Kier alpha value is -2.68. The molecular weight excluding hydrogens is 438 g/mol. The van der Waals surface area contributed by atoms with Crippen molar-refractivity contribution in [1.29, 1.82) is 0 Å². The minimum atomic E-state index is -0.386. The molecule has 0 aliphatic carbocycles. The van der Waals surface area contributed by atoms with Crippen LogP contribution in [-0.2, 0) is 4.74 Å². The number of nitrogens with one attached hydrogen (secondary N) is 2. The second kappa shape index (κ2) is 10.6. The van der Waals surface area contributed by atoms with Crippen molar-refractivity contribution in [2.45, 2.75) is 20.0 Å². The first-order valence-electron chi connectivity index (χ1n) is 9.89. The highest BCUT2D eigenvalue weighted by Crippen LogP contribution is 2.24. The summed E-state index contributed by atoms with van der Waals surface area (Å²) >= 11 is 11.5. The van der Waals surface area contributed by atoms with Gasteiger partial charge in [-0.1, -0.05) is 17.7 Å². The molecule has 2 amide bonds. The van der Waals surface area contributed by atoms with Crippen LogP contribution in [-0.4, -0.2) is 54.2 Å². The molecule has 1 aliphatic heterocycles. The number of anilines is 1. The number of ether oxygens (including phenoxy) is 2. The van der Waals surface area contributed by atoms with Gasteiger partial charge in [-0.3, -0.25) is 14.9 Å². The molecule has 0 bridgehead atoms. The van der Waals surface area contributed by atoms with Gasteiger partial charge < -0.3 is 19.7 Å². The highest BCUT2D eigenvalue weighted by molar-refractivity contribution is 7.80. The second-order valence-corrected chi connectivity index (χ2v) is 8.02. The van der Waals surface area contributed by atoms with Crippen molar-refractivity contribution in [3.8, 4) is 5.75 Å². The number of nitrogens with zero attached hydrogens (tertiary/aromatic N) is 1. The van der Waals surface area contributed by atoms with Gasteiger partial charge >= 0.3 is 0 Å². The zero-order valence-corrected chi connectivity index (χ0v) is 18.9. The van der Waals surface area contributed by atoms with Gasteiger partial charge in [-0.15, -0.1) is 0 Å². The number of benzene rings is 2. The molecule has 1 aliphatic rings. The fourth-order valence-electron chi connectivity index (χ4n) is 3.01. The minimum Gasteiger partial charge on any atom is -0.491 e. The van der Waals surface area contributed by atoms with Crippen LogP contribution in [0.4, 0.5) is 5.69 Å². The van der Waals surface area contributed by atoms with E-state index >= 15 is 0 Å². The molecule has 0 unspecified atom stereocenters.